The van der Waals surface area contributed by atoms with Gasteiger partial charge in [0, 0.05) is 36.9 Å². The fourth-order valence-corrected chi connectivity index (χ4v) is 9.60. The Labute approximate surface area is 312 Å². The molecular weight excluding hydrogens is 677 g/mol. The number of rotatable bonds is 17. The number of hydrogen-bond acceptors (Lipinski definition) is 7. The number of thioether (sulfide) groups is 1. The number of allylic oxidation sites excluding steroid dienone is 1. The Morgan fingerprint density at radius 1 is 1.06 bits per heavy atom. The minimum Gasteiger partial charge on any atom is -0.391 e. The molecule has 3 aliphatic rings. The van der Waals surface area contributed by atoms with E-state index in [-0.39, 0.29) is 36.5 Å². The summed E-state index contributed by atoms with van der Waals surface area (Å²) in [4.78, 5) is 63.9. The topological polar surface area (TPSA) is 157 Å². The summed E-state index contributed by atoms with van der Waals surface area (Å²) >= 11 is 1.61. The summed E-state index contributed by atoms with van der Waals surface area (Å²) in [5, 5.41) is 20.7. The third kappa shape index (κ3) is 10.3. The fourth-order valence-electron chi connectivity index (χ4n) is 8.13. The van der Waals surface area contributed by atoms with Crippen LogP contribution in [0.5, 0.6) is 0 Å². The molecule has 2 saturated heterocycles. The predicted octanol–water partition coefficient (Wildman–Crippen LogP) is 4.67. The van der Waals surface area contributed by atoms with Crippen molar-refractivity contribution in [3.05, 3.63) is 66.8 Å². The van der Waals surface area contributed by atoms with Crippen LogP contribution in [0.25, 0.3) is 0 Å². The molecule has 1 unspecified atom stereocenters. The third-order valence-corrected chi connectivity index (χ3v) is 12.8. The molecule has 0 bridgehead atoms. The molecule has 1 aromatic carbocycles. The summed E-state index contributed by atoms with van der Waals surface area (Å²) in [5.74, 6) is -0.130. The van der Waals surface area contributed by atoms with Crippen LogP contribution in [0.1, 0.15) is 96.2 Å². The van der Waals surface area contributed by atoms with Gasteiger partial charge in [0.05, 0.1) is 23.3 Å². The van der Waals surface area contributed by atoms with E-state index in [2.05, 4.69) is 46.3 Å². The quantitative estimate of drug-likeness (QED) is 0.148. The molecule has 5 N–H and O–H groups in total. The lowest BCUT2D eigenvalue weighted by atomic mass is 9.81. The van der Waals surface area contributed by atoms with E-state index in [9.17, 15) is 24.3 Å². The molecular formula is C40H58N6O5S. The molecule has 7 atom stereocenters. The zero-order chi connectivity index (χ0) is 37.3. The first-order valence-corrected chi connectivity index (χ1v) is 20.1. The highest BCUT2D eigenvalue weighted by molar-refractivity contribution is 8.00. The molecule has 2 aliphatic heterocycles. The number of aromatic nitrogens is 2. The van der Waals surface area contributed by atoms with Crippen molar-refractivity contribution in [1.82, 2.24) is 30.8 Å². The van der Waals surface area contributed by atoms with Gasteiger partial charge in [-0.25, -0.2) is 4.98 Å². The number of carbonyl (C=O) groups is 4. The number of nitrogens with one attached hydrogen (secondary N) is 4. The first-order chi connectivity index (χ1) is 25.0. The third-order valence-electron chi connectivity index (χ3n) is 11.3. The van der Waals surface area contributed by atoms with E-state index in [1.807, 2.05) is 43.3 Å². The fraction of sp³-hybridized carbons (Fsp3) is 0.625. The van der Waals surface area contributed by atoms with Crippen LogP contribution < -0.4 is 16.0 Å². The molecule has 0 spiro atoms. The molecule has 3 fully saturated rings. The summed E-state index contributed by atoms with van der Waals surface area (Å²) in [6.45, 7) is 10.2. The Balaban J connectivity index is 1.36. The molecule has 1 saturated carbocycles. The molecule has 2 aromatic rings. The lowest BCUT2D eigenvalue weighted by Gasteiger charge is -2.40. The standard InChI is InChI=1S/C40H58N6O5S/c1-5-29(26(2)3)21-35(47)31(19-27-13-8-6-9-14-27)43-38(50)33(22-30-23-41-25-42-30)44-37(49)32(20-28-15-10-7-11-16-28)45-39(51)34-24-52-40(4)18-12-17-36(48)46(34)40/h5,7,10-11,15-16,23,25-27,29,31-35,47H,1,6,8-9,12-14,17-22,24H2,2-4H3,(H,41,42)(H,43,50)(H,44,49)(H,45,51)/t29-,31-,32?,33-,34-,35-,40+/m0/s1. The summed E-state index contributed by atoms with van der Waals surface area (Å²) in [6, 6.07) is 6.20. The zero-order valence-corrected chi connectivity index (χ0v) is 31.8. The van der Waals surface area contributed by atoms with Gasteiger partial charge in [-0.1, -0.05) is 82.4 Å². The monoisotopic (exact) mass is 734 g/mol. The SMILES string of the molecule is C=C[C@@H](C[C@H](O)[C@H](CC1CCCCC1)NC(=O)[C@H](Cc1cnc[nH]1)NC(=O)C(Cc1ccccc1)NC(=O)[C@@H]1CS[C@]2(C)CCCC(=O)N12)C(C)C. The number of H-pyrrole nitrogens is 1. The molecule has 1 aromatic heterocycles. The van der Waals surface area contributed by atoms with Crippen molar-refractivity contribution >= 4 is 35.4 Å². The van der Waals surface area contributed by atoms with Crippen LogP contribution in [-0.4, -0.2) is 84.5 Å². The Morgan fingerprint density at radius 2 is 1.77 bits per heavy atom. The van der Waals surface area contributed by atoms with E-state index in [0.29, 0.717) is 36.6 Å². The van der Waals surface area contributed by atoms with Crippen molar-refractivity contribution in [3.8, 4) is 0 Å². The Bertz CT molecular complexity index is 1500. The van der Waals surface area contributed by atoms with Crippen molar-refractivity contribution in [3.63, 3.8) is 0 Å². The summed E-state index contributed by atoms with van der Waals surface area (Å²) in [6.07, 6.45) is 13.3. The van der Waals surface area contributed by atoms with Crippen LogP contribution in [-0.2, 0) is 32.0 Å². The summed E-state index contributed by atoms with van der Waals surface area (Å²) in [7, 11) is 0. The maximum Gasteiger partial charge on any atom is 0.244 e. The maximum absolute atomic E-state index is 14.3. The minimum absolute atomic E-state index is 0.0444. The second kappa shape index (κ2) is 18.4. The molecule has 1 aliphatic carbocycles. The van der Waals surface area contributed by atoms with Crippen LogP contribution in [0.15, 0.2) is 55.5 Å². The molecule has 52 heavy (non-hydrogen) atoms. The Hall–Kier alpha value is -3.64. The van der Waals surface area contributed by atoms with Gasteiger partial charge in [0.25, 0.3) is 0 Å². The van der Waals surface area contributed by atoms with Gasteiger partial charge >= 0.3 is 0 Å². The number of amides is 4. The van der Waals surface area contributed by atoms with E-state index in [0.717, 1.165) is 44.1 Å². The van der Waals surface area contributed by atoms with Crippen LogP contribution in [0.4, 0.5) is 0 Å². The van der Waals surface area contributed by atoms with Gasteiger partial charge in [-0.05, 0) is 55.9 Å². The first-order valence-electron chi connectivity index (χ1n) is 19.2. The second-order valence-electron chi connectivity index (χ2n) is 15.5. The van der Waals surface area contributed by atoms with E-state index < -0.39 is 47.0 Å². The average molecular weight is 735 g/mol. The van der Waals surface area contributed by atoms with Gasteiger partial charge in [-0.3, -0.25) is 19.2 Å². The Kier molecular flexibility index (Phi) is 14.0. The van der Waals surface area contributed by atoms with Gasteiger partial charge in [0.2, 0.25) is 23.6 Å². The van der Waals surface area contributed by atoms with Crippen molar-refractivity contribution < 1.29 is 24.3 Å². The zero-order valence-electron chi connectivity index (χ0n) is 31.0. The highest BCUT2D eigenvalue weighted by atomic mass is 32.2. The number of fused-ring (bicyclic) bond motifs is 1. The van der Waals surface area contributed by atoms with Gasteiger partial charge in [-0.2, -0.15) is 0 Å². The molecule has 5 rings (SSSR count). The highest BCUT2D eigenvalue weighted by Gasteiger charge is 2.51. The predicted molar refractivity (Wildman–Crippen MR) is 204 cm³/mol. The van der Waals surface area contributed by atoms with Crippen LogP contribution in [0.2, 0.25) is 0 Å². The summed E-state index contributed by atoms with van der Waals surface area (Å²) in [5.41, 5.74) is 1.50. The van der Waals surface area contributed by atoms with E-state index >= 15 is 0 Å². The normalized spacial score (nSPS) is 23.6. The summed E-state index contributed by atoms with van der Waals surface area (Å²) < 4.78 is 0. The van der Waals surface area contributed by atoms with Crippen LogP contribution >= 0.6 is 11.8 Å². The molecule has 284 valence electrons. The van der Waals surface area contributed by atoms with Gasteiger partial charge in [0.15, 0.2) is 0 Å². The molecule has 11 nitrogen and oxygen atoms in total. The Morgan fingerprint density at radius 3 is 2.44 bits per heavy atom. The lowest BCUT2D eigenvalue weighted by Crippen LogP contribution is -2.60. The minimum atomic E-state index is -1.02. The number of benzene rings is 1. The largest absolute Gasteiger partial charge is 0.391 e. The van der Waals surface area contributed by atoms with Crippen molar-refractivity contribution in [2.24, 2.45) is 17.8 Å². The number of imidazole rings is 1. The number of hydrogen-bond donors (Lipinski definition) is 5. The average Bonchev–Trinajstić information content (AvgIpc) is 3.78. The highest BCUT2D eigenvalue weighted by Crippen LogP contribution is 2.46. The van der Waals surface area contributed by atoms with Crippen molar-refractivity contribution in [2.45, 2.75) is 133 Å². The van der Waals surface area contributed by atoms with E-state index in [4.69, 9.17) is 0 Å². The van der Waals surface area contributed by atoms with Gasteiger partial charge in [-0.15, -0.1) is 18.3 Å². The van der Waals surface area contributed by atoms with Crippen LogP contribution in [0, 0.1) is 17.8 Å². The number of aliphatic hydroxyl groups excluding tert-OH is 1. The second-order valence-corrected chi connectivity index (χ2v) is 17.0. The van der Waals surface area contributed by atoms with Crippen molar-refractivity contribution in [1.29, 1.82) is 0 Å². The van der Waals surface area contributed by atoms with Gasteiger partial charge in [0.1, 0.15) is 18.1 Å². The number of aliphatic hydroxyl groups is 1. The molecule has 3 heterocycles. The van der Waals surface area contributed by atoms with E-state index in [1.54, 1.807) is 22.9 Å². The van der Waals surface area contributed by atoms with Gasteiger partial charge < -0.3 is 30.9 Å². The smallest absolute Gasteiger partial charge is 0.244 e. The van der Waals surface area contributed by atoms with E-state index in [1.165, 1.54) is 12.7 Å². The maximum atomic E-state index is 14.3. The first kappa shape index (κ1) is 39.6. The molecule has 12 heteroatoms. The van der Waals surface area contributed by atoms with Crippen LogP contribution in [0.3, 0.4) is 0 Å². The van der Waals surface area contributed by atoms with Crippen molar-refractivity contribution in [2.75, 3.05) is 5.75 Å². The number of aromatic amines is 1. The number of nitrogens with zero attached hydrogens (tertiary/aromatic N) is 2. The molecule has 4 amide bonds. The molecule has 0 radical (unpaired) electrons. The number of piperidine rings is 1. The number of carbonyl (C=O) groups excluding carboxylic acids is 4. The lowest BCUT2D eigenvalue weighted by molar-refractivity contribution is -0.145.